The van der Waals surface area contributed by atoms with E-state index >= 15 is 0 Å². The predicted molar refractivity (Wildman–Crippen MR) is 80.4 cm³/mol. The molecule has 0 aliphatic rings. The molecule has 0 spiro atoms. The van der Waals surface area contributed by atoms with Crippen LogP contribution in [0, 0.1) is 13.8 Å². The van der Waals surface area contributed by atoms with Crippen molar-refractivity contribution in [1.82, 2.24) is 4.98 Å². The van der Waals surface area contributed by atoms with Gasteiger partial charge < -0.3 is 0 Å². The number of aromatic nitrogens is 1. The van der Waals surface area contributed by atoms with Gasteiger partial charge >= 0.3 is 0 Å². The third-order valence-electron chi connectivity index (χ3n) is 3.11. The van der Waals surface area contributed by atoms with Gasteiger partial charge in [0.1, 0.15) is 5.82 Å². The van der Waals surface area contributed by atoms with Crippen LogP contribution in [0.3, 0.4) is 0 Å². The van der Waals surface area contributed by atoms with E-state index in [1.165, 1.54) is 4.31 Å². The molecule has 2 aromatic rings. The maximum Gasteiger partial charge on any atom is 0.265 e. The summed E-state index contributed by atoms with van der Waals surface area (Å²) in [5.74, 6) is 0.482. The first-order chi connectivity index (χ1) is 9.46. The molecule has 0 aliphatic carbocycles. The molecule has 2 rings (SSSR count). The second-order valence-corrected chi connectivity index (χ2v) is 6.49. The first-order valence-electron chi connectivity index (χ1n) is 6.48. The van der Waals surface area contributed by atoms with Crippen LogP contribution in [-0.4, -0.2) is 19.9 Å². The van der Waals surface area contributed by atoms with E-state index in [1.807, 2.05) is 19.9 Å². The minimum atomic E-state index is -3.57. The normalized spacial score (nSPS) is 11.3. The van der Waals surface area contributed by atoms with E-state index < -0.39 is 10.0 Å². The Morgan fingerprint density at radius 3 is 2.30 bits per heavy atom. The van der Waals surface area contributed by atoms with Gasteiger partial charge in [-0.05, 0) is 44.5 Å². The number of benzene rings is 1. The molecule has 1 aromatic carbocycles. The average Bonchev–Trinajstić information content (AvgIpc) is 2.42. The van der Waals surface area contributed by atoms with Gasteiger partial charge in [-0.15, -0.1) is 0 Å². The molecule has 4 nitrogen and oxygen atoms in total. The Morgan fingerprint density at radius 1 is 1.10 bits per heavy atom. The van der Waals surface area contributed by atoms with Gasteiger partial charge in [-0.25, -0.2) is 17.7 Å². The van der Waals surface area contributed by atoms with Crippen LogP contribution in [0.1, 0.15) is 18.1 Å². The van der Waals surface area contributed by atoms with E-state index in [0.29, 0.717) is 12.4 Å². The van der Waals surface area contributed by atoms with E-state index in [-0.39, 0.29) is 4.90 Å². The SMILES string of the molecule is CCN(c1ncccc1C)S(=O)(=O)c1ccc(C)cc1. The highest BCUT2D eigenvalue weighted by molar-refractivity contribution is 7.92. The van der Waals surface area contributed by atoms with E-state index in [2.05, 4.69) is 4.98 Å². The molecule has 1 heterocycles. The van der Waals surface area contributed by atoms with Crippen molar-refractivity contribution in [2.24, 2.45) is 0 Å². The molecule has 0 aliphatic heterocycles. The minimum Gasteiger partial charge on any atom is -0.250 e. The minimum absolute atomic E-state index is 0.287. The van der Waals surface area contributed by atoms with Gasteiger partial charge in [-0.1, -0.05) is 23.8 Å². The lowest BCUT2D eigenvalue weighted by Gasteiger charge is -2.23. The van der Waals surface area contributed by atoms with Gasteiger partial charge in [-0.2, -0.15) is 0 Å². The fraction of sp³-hybridized carbons (Fsp3) is 0.267. The van der Waals surface area contributed by atoms with Crippen LogP contribution in [0.5, 0.6) is 0 Å². The van der Waals surface area contributed by atoms with Crippen LogP contribution in [0.15, 0.2) is 47.5 Å². The fourth-order valence-corrected chi connectivity index (χ4v) is 3.50. The number of hydrogen-bond donors (Lipinski definition) is 0. The number of pyridine rings is 1. The summed E-state index contributed by atoms with van der Waals surface area (Å²) in [6.45, 7) is 5.93. The van der Waals surface area contributed by atoms with Crippen molar-refractivity contribution < 1.29 is 8.42 Å². The third-order valence-corrected chi connectivity index (χ3v) is 4.99. The first kappa shape index (κ1) is 14.5. The molecule has 106 valence electrons. The zero-order valence-electron chi connectivity index (χ0n) is 11.9. The van der Waals surface area contributed by atoms with Crippen molar-refractivity contribution in [3.05, 3.63) is 53.7 Å². The van der Waals surface area contributed by atoms with E-state index in [9.17, 15) is 8.42 Å². The Labute approximate surface area is 120 Å². The fourth-order valence-electron chi connectivity index (χ4n) is 2.01. The Bertz CT molecular complexity index is 694. The monoisotopic (exact) mass is 290 g/mol. The quantitative estimate of drug-likeness (QED) is 0.870. The molecule has 20 heavy (non-hydrogen) atoms. The number of aryl methyl sites for hydroxylation is 2. The van der Waals surface area contributed by atoms with Crippen LogP contribution in [0.2, 0.25) is 0 Å². The summed E-state index contributed by atoms with van der Waals surface area (Å²) >= 11 is 0. The lowest BCUT2D eigenvalue weighted by molar-refractivity contribution is 0.591. The lowest BCUT2D eigenvalue weighted by atomic mass is 10.2. The summed E-state index contributed by atoms with van der Waals surface area (Å²) < 4.78 is 26.8. The third kappa shape index (κ3) is 2.67. The summed E-state index contributed by atoms with van der Waals surface area (Å²) in [6, 6.07) is 10.5. The molecule has 0 unspecified atom stereocenters. The van der Waals surface area contributed by atoms with E-state index in [4.69, 9.17) is 0 Å². The average molecular weight is 290 g/mol. The van der Waals surface area contributed by atoms with Crippen molar-refractivity contribution in [3.63, 3.8) is 0 Å². The van der Waals surface area contributed by atoms with Crippen LogP contribution >= 0.6 is 0 Å². The Hall–Kier alpha value is -1.88. The van der Waals surface area contributed by atoms with Crippen LogP contribution in [-0.2, 0) is 10.0 Å². The molecular weight excluding hydrogens is 272 g/mol. The van der Waals surface area contributed by atoms with E-state index in [1.54, 1.807) is 43.5 Å². The van der Waals surface area contributed by atoms with Gasteiger partial charge in [0.25, 0.3) is 10.0 Å². The standard InChI is InChI=1S/C15H18N2O2S/c1-4-17(15-13(3)6-5-11-16-15)20(18,19)14-9-7-12(2)8-10-14/h5-11H,4H2,1-3H3. The first-order valence-corrected chi connectivity index (χ1v) is 7.92. The summed E-state index contributed by atoms with van der Waals surface area (Å²) in [4.78, 5) is 4.49. The molecule has 0 atom stereocenters. The second-order valence-electron chi connectivity index (χ2n) is 4.63. The van der Waals surface area contributed by atoms with Gasteiger partial charge in [0.15, 0.2) is 0 Å². The number of sulfonamides is 1. The molecular formula is C15H18N2O2S. The molecule has 0 saturated heterocycles. The molecule has 1 aromatic heterocycles. The topological polar surface area (TPSA) is 50.3 Å². The maximum absolute atomic E-state index is 12.7. The van der Waals surface area contributed by atoms with Gasteiger partial charge in [-0.3, -0.25) is 0 Å². The van der Waals surface area contributed by atoms with Crippen molar-refractivity contribution in [3.8, 4) is 0 Å². The summed E-state index contributed by atoms with van der Waals surface area (Å²) in [5.41, 5.74) is 1.87. The van der Waals surface area contributed by atoms with Crippen molar-refractivity contribution in [2.45, 2.75) is 25.7 Å². The maximum atomic E-state index is 12.7. The predicted octanol–water partition coefficient (Wildman–Crippen LogP) is 2.91. The van der Waals surface area contributed by atoms with Crippen molar-refractivity contribution in [1.29, 1.82) is 0 Å². The van der Waals surface area contributed by atoms with Gasteiger partial charge in [0.05, 0.1) is 4.90 Å². The second kappa shape index (κ2) is 5.63. The summed E-state index contributed by atoms with van der Waals surface area (Å²) in [7, 11) is -3.57. The van der Waals surface area contributed by atoms with Gasteiger partial charge in [0.2, 0.25) is 0 Å². The zero-order chi connectivity index (χ0) is 14.8. The highest BCUT2D eigenvalue weighted by Crippen LogP contribution is 2.24. The molecule has 0 N–H and O–H groups in total. The number of nitrogens with zero attached hydrogens (tertiary/aromatic N) is 2. The molecule has 0 saturated carbocycles. The van der Waals surface area contributed by atoms with Crippen molar-refractivity contribution in [2.75, 3.05) is 10.8 Å². The summed E-state index contributed by atoms with van der Waals surface area (Å²) in [6.07, 6.45) is 1.61. The molecule has 0 bridgehead atoms. The molecule has 0 amide bonds. The zero-order valence-corrected chi connectivity index (χ0v) is 12.7. The lowest BCUT2D eigenvalue weighted by Crippen LogP contribution is -2.32. The Balaban J connectivity index is 2.51. The van der Waals surface area contributed by atoms with Crippen LogP contribution in [0.25, 0.3) is 0 Å². The van der Waals surface area contributed by atoms with Crippen LogP contribution < -0.4 is 4.31 Å². The highest BCUT2D eigenvalue weighted by atomic mass is 32.2. The molecule has 0 fully saturated rings. The molecule has 0 radical (unpaired) electrons. The van der Waals surface area contributed by atoms with Crippen molar-refractivity contribution >= 4 is 15.8 Å². The Kier molecular flexibility index (Phi) is 4.09. The van der Waals surface area contributed by atoms with Gasteiger partial charge in [0, 0.05) is 12.7 Å². The number of anilines is 1. The Morgan fingerprint density at radius 2 is 1.75 bits per heavy atom. The number of hydrogen-bond acceptors (Lipinski definition) is 3. The highest BCUT2D eigenvalue weighted by Gasteiger charge is 2.25. The smallest absolute Gasteiger partial charge is 0.250 e. The molecule has 5 heteroatoms. The largest absolute Gasteiger partial charge is 0.265 e. The van der Waals surface area contributed by atoms with Crippen LogP contribution in [0.4, 0.5) is 5.82 Å². The van der Waals surface area contributed by atoms with E-state index in [0.717, 1.165) is 11.1 Å². The number of rotatable bonds is 4. The summed E-state index contributed by atoms with van der Waals surface area (Å²) in [5, 5.41) is 0.